The highest BCUT2D eigenvalue weighted by atomic mass is 32.1. The molecule has 2 aliphatic heterocycles. The number of piperazine rings is 1. The first-order valence-electron chi connectivity index (χ1n) is 9.85. The molecule has 1 aromatic rings. The predicted molar refractivity (Wildman–Crippen MR) is 119 cm³/mol. The van der Waals surface area contributed by atoms with Gasteiger partial charge in [0.25, 0.3) is 11.1 Å². The topological polar surface area (TPSA) is 70.9 Å². The molecule has 3 rings (SSSR count). The van der Waals surface area contributed by atoms with Gasteiger partial charge in [0.1, 0.15) is 5.54 Å². The molecule has 2 saturated heterocycles. The molecule has 7 nitrogen and oxygen atoms in total. The van der Waals surface area contributed by atoms with Crippen LogP contribution in [0, 0.1) is 11.3 Å². The Labute approximate surface area is 194 Å². The largest absolute Gasteiger partial charge is 0.417 e. The summed E-state index contributed by atoms with van der Waals surface area (Å²) < 4.78 is 40.2. The van der Waals surface area contributed by atoms with Gasteiger partial charge in [0.15, 0.2) is 5.11 Å². The van der Waals surface area contributed by atoms with Crippen molar-refractivity contribution >= 4 is 46.8 Å². The Morgan fingerprint density at radius 1 is 1.22 bits per heavy atom. The molecule has 0 N–H and O–H groups in total. The fourth-order valence-electron chi connectivity index (χ4n) is 3.85. The fourth-order valence-corrected chi connectivity index (χ4v) is 4.55. The van der Waals surface area contributed by atoms with Gasteiger partial charge in [0, 0.05) is 39.3 Å². The van der Waals surface area contributed by atoms with Crippen LogP contribution in [0.4, 0.5) is 23.7 Å². The lowest BCUT2D eigenvalue weighted by Crippen LogP contribution is -2.51. The third-order valence-corrected chi connectivity index (χ3v) is 6.48. The van der Waals surface area contributed by atoms with Gasteiger partial charge in [-0.05, 0) is 44.3 Å². The van der Waals surface area contributed by atoms with E-state index in [2.05, 4.69) is 17.5 Å². The maximum absolute atomic E-state index is 13.4. The van der Waals surface area contributed by atoms with Crippen LogP contribution in [0.1, 0.15) is 25.0 Å². The van der Waals surface area contributed by atoms with Gasteiger partial charge in [0.2, 0.25) is 0 Å². The molecular formula is C20H22F3N5O2S2. The molecule has 0 aromatic heterocycles. The first-order chi connectivity index (χ1) is 14.9. The molecule has 2 fully saturated rings. The molecule has 12 heteroatoms. The number of halogens is 3. The third kappa shape index (κ3) is 4.55. The van der Waals surface area contributed by atoms with E-state index < -0.39 is 28.7 Å². The van der Waals surface area contributed by atoms with Crippen LogP contribution in [-0.4, -0.2) is 75.8 Å². The van der Waals surface area contributed by atoms with E-state index in [1.807, 2.05) is 0 Å². The number of nitriles is 1. The molecule has 0 unspecified atom stereocenters. The molecule has 2 aliphatic rings. The number of rotatable bonds is 4. The molecular weight excluding hydrogens is 463 g/mol. The molecule has 172 valence electrons. The van der Waals surface area contributed by atoms with Crippen molar-refractivity contribution in [3.05, 3.63) is 29.3 Å². The molecule has 0 bridgehead atoms. The van der Waals surface area contributed by atoms with Crippen molar-refractivity contribution in [2.45, 2.75) is 25.6 Å². The normalized spacial score (nSPS) is 19.5. The van der Waals surface area contributed by atoms with Gasteiger partial charge in [-0.25, -0.2) is 0 Å². The zero-order valence-corrected chi connectivity index (χ0v) is 19.2. The Balaban J connectivity index is 1.79. The van der Waals surface area contributed by atoms with E-state index in [-0.39, 0.29) is 16.0 Å². The van der Waals surface area contributed by atoms with E-state index in [1.54, 1.807) is 23.6 Å². The van der Waals surface area contributed by atoms with Crippen LogP contribution in [-0.2, 0) is 11.0 Å². The van der Waals surface area contributed by atoms with Crippen molar-refractivity contribution in [3.63, 3.8) is 0 Å². The quantitative estimate of drug-likeness (QED) is 0.523. The zero-order chi connectivity index (χ0) is 23.8. The molecule has 0 radical (unpaired) electrons. The summed E-state index contributed by atoms with van der Waals surface area (Å²) in [6.07, 6.45) is -4.74. The maximum atomic E-state index is 13.4. The maximum Gasteiger partial charge on any atom is 0.417 e. The third-order valence-electron chi connectivity index (χ3n) is 5.79. The van der Waals surface area contributed by atoms with E-state index in [0.717, 1.165) is 17.0 Å². The van der Waals surface area contributed by atoms with E-state index in [0.29, 0.717) is 39.3 Å². The lowest BCUT2D eigenvalue weighted by Gasteiger charge is -2.36. The van der Waals surface area contributed by atoms with Crippen molar-refractivity contribution in [2.24, 2.45) is 0 Å². The van der Waals surface area contributed by atoms with Gasteiger partial charge in [-0.3, -0.25) is 19.4 Å². The van der Waals surface area contributed by atoms with Crippen molar-refractivity contribution in [3.8, 4) is 6.07 Å². The first-order valence-corrected chi connectivity index (χ1v) is 10.7. The zero-order valence-electron chi connectivity index (χ0n) is 17.5. The van der Waals surface area contributed by atoms with Crippen molar-refractivity contribution in [1.82, 2.24) is 14.7 Å². The van der Waals surface area contributed by atoms with Crippen molar-refractivity contribution in [1.29, 1.82) is 5.26 Å². The smallest absolute Gasteiger partial charge is 0.333 e. The number of benzene rings is 1. The van der Waals surface area contributed by atoms with Crippen molar-refractivity contribution < 1.29 is 22.8 Å². The number of amides is 2. The summed E-state index contributed by atoms with van der Waals surface area (Å²) in [7, 11) is 0. The molecule has 2 amide bonds. The second kappa shape index (κ2) is 8.88. The second-order valence-corrected chi connectivity index (χ2v) is 8.83. The number of thiocarbonyl (C=S) groups is 1. The van der Waals surface area contributed by atoms with Gasteiger partial charge < -0.3 is 9.80 Å². The standard InChI is InChI=1S/C20H22F3N5O2S2/c1-19(2)16(29)28(14-4-3-13(12-24)15(11-14)20(21,22)23)17(31)27(19)10-7-25-5-8-26(9-6-25)18(30)32/h3-4,11H,5-10H2,1-2H3,(H,30,32). The molecule has 0 aliphatic carbocycles. The highest BCUT2D eigenvalue weighted by molar-refractivity contribution is 7.96. The Morgan fingerprint density at radius 3 is 2.38 bits per heavy atom. The van der Waals surface area contributed by atoms with Gasteiger partial charge in [-0.1, -0.05) is 12.6 Å². The number of alkyl halides is 3. The lowest BCUT2D eigenvalue weighted by atomic mass is 10.0. The summed E-state index contributed by atoms with van der Waals surface area (Å²) in [6, 6.07) is 4.66. The molecule has 0 spiro atoms. The number of carbonyl (C=O) groups is 2. The SMILES string of the molecule is CC1(C)C(=O)N(c2ccc(C#N)c(C(F)(F)F)c2)C(=S)N1CCN1CCN(C(=O)S)CC1. The minimum absolute atomic E-state index is 0.0252. The van der Waals surface area contributed by atoms with Crippen LogP contribution in [0.25, 0.3) is 0 Å². The summed E-state index contributed by atoms with van der Waals surface area (Å²) in [5.41, 5.74) is -2.70. The molecule has 0 saturated carbocycles. The second-order valence-electron chi connectivity index (χ2n) is 8.08. The van der Waals surface area contributed by atoms with Crippen LogP contribution in [0.5, 0.6) is 0 Å². The lowest BCUT2D eigenvalue weighted by molar-refractivity contribution is -0.137. The first kappa shape index (κ1) is 24.3. The Bertz CT molecular complexity index is 984. The minimum Gasteiger partial charge on any atom is -0.333 e. The number of nitrogens with zero attached hydrogens (tertiary/aromatic N) is 5. The van der Waals surface area contributed by atoms with Crippen LogP contribution in [0.2, 0.25) is 0 Å². The molecule has 0 atom stereocenters. The summed E-state index contributed by atoms with van der Waals surface area (Å²) >= 11 is 9.32. The van der Waals surface area contributed by atoms with E-state index >= 15 is 0 Å². The van der Waals surface area contributed by atoms with Crippen LogP contribution in [0.15, 0.2) is 18.2 Å². The summed E-state index contributed by atoms with van der Waals surface area (Å²) in [5.74, 6) is -0.439. The fraction of sp³-hybridized carbons (Fsp3) is 0.500. The van der Waals surface area contributed by atoms with Crippen molar-refractivity contribution in [2.75, 3.05) is 44.2 Å². The minimum atomic E-state index is -4.74. The van der Waals surface area contributed by atoms with Crippen LogP contribution in [0.3, 0.4) is 0 Å². The number of hydrogen-bond donors (Lipinski definition) is 1. The molecule has 32 heavy (non-hydrogen) atoms. The summed E-state index contributed by atoms with van der Waals surface area (Å²) in [6.45, 7) is 6.71. The van der Waals surface area contributed by atoms with E-state index in [4.69, 9.17) is 17.5 Å². The summed E-state index contributed by atoms with van der Waals surface area (Å²) in [5, 5.41) is 8.86. The van der Waals surface area contributed by atoms with Crippen LogP contribution >= 0.6 is 24.8 Å². The highest BCUT2D eigenvalue weighted by Gasteiger charge is 2.49. The molecule has 2 heterocycles. The van der Waals surface area contributed by atoms with Gasteiger partial charge in [-0.15, -0.1) is 0 Å². The van der Waals surface area contributed by atoms with Gasteiger partial charge in [0.05, 0.1) is 22.9 Å². The van der Waals surface area contributed by atoms with Crippen LogP contribution < -0.4 is 4.90 Å². The summed E-state index contributed by atoms with van der Waals surface area (Å²) in [4.78, 5) is 31.0. The Morgan fingerprint density at radius 2 is 1.84 bits per heavy atom. The number of hydrogen-bond acceptors (Lipinski definition) is 5. The average molecular weight is 486 g/mol. The number of anilines is 1. The Hall–Kier alpha value is -2.36. The van der Waals surface area contributed by atoms with E-state index in [1.165, 1.54) is 12.1 Å². The Kier molecular flexibility index (Phi) is 6.74. The average Bonchev–Trinajstić information content (AvgIpc) is 2.89. The molecule has 1 aromatic carbocycles. The van der Waals surface area contributed by atoms with Gasteiger partial charge >= 0.3 is 6.18 Å². The predicted octanol–water partition coefficient (Wildman–Crippen LogP) is 2.96. The number of carbonyl (C=O) groups excluding carboxylic acids is 2. The highest BCUT2D eigenvalue weighted by Crippen LogP contribution is 2.37. The van der Waals surface area contributed by atoms with Gasteiger partial charge in [-0.2, -0.15) is 18.4 Å². The number of thiol groups is 1. The monoisotopic (exact) mass is 485 g/mol. The van der Waals surface area contributed by atoms with E-state index in [9.17, 15) is 22.8 Å².